The predicted octanol–water partition coefficient (Wildman–Crippen LogP) is 2.76. The average Bonchev–Trinajstić information content (AvgIpc) is 3.16. The third-order valence-electron chi connectivity index (χ3n) is 4.49. The molecule has 0 saturated carbocycles. The highest BCUT2D eigenvalue weighted by Gasteiger charge is 2.36. The maximum absolute atomic E-state index is 12.7. The molecule has 1 aliphatic heterocycles. The molecule has 0 spiro atoms. The molecular formula is C18H24N4O2S. The van der Waals surface area contributed by atoms with Gasteiger partial charge in [-0.15, -0.1) is 11.3 Å². The molecule has 1 aliphatic rings. The minimum Gasteiger partial charge on any atom is -0.344 e. The number of amides is 2. The molecule has 0 aliphatic carbocycles. The molecule has 7 heteroatoms. The summed E-state index contributed by atoms with van der Waals surface area (Å²) in [6.07, 6.45) is 4.16. The number of rotatable bonds is 2. The minimum atomic E-state index is -0.395. The number of aromatic nitrogens is 2. The van der Waals surface area contributed by atoms with Crippen molar-refractivity contribution in [2.75, 3.05) is 27.2 Å². The molecule has 0 N–H and O–H groups in total. The van der Waals surface area contributed by atoms with Gasteiger partial charge in [-0.25, -0.2) is 4.98 Å². The number of hydrogen-bond donors (Lipinski definition) is 0. The Balaban J connectivity index is 2.00. The lowest BCUT2D eigenvalue weighted by atomic mass is 9.94. The van der Waals surface area contributed by atoms with Gasteiger partial charge in [0.25, 0.3) is 5.91 Å². The molecular weight excluding hydrogens is 336 g/mol. The van der Waals surface area contributed by atoms with Gasteiger partial charge in [-0.1, -0.05) is 20.8 Å². The number of carbonyl (C=O) groups excluding carboxylic acids is 2. The van der Waals surface area contributed by atoms with Crippen molar-refractivity contribution in [1.29, 1.82) is 0 Å². The highest BCUT2D eigenvalue weighted by atomic mass is 32.1. The van der Waals surface area contributed by atoms with Crippen molar-refractivity contribution in [3.63, 3.8) is 0 Å². The van der Waals surface area contributed by atoms with E-state index < -0.39 is 5.41 Å². The molecule has 0 unspecified atom stereocenters. The Labute approximate surface area is 151 Å². The van der Waals surface area contributed by atoms with Gasteiger partial charge in [0, 0.05) is 56.5 Å². The first-order valence-corrected chi connectivity index (χ1v) is 9.26. The van der Waals surface area contributed by atoms with E-state index in [1.54, 1.807) is 31.4 Å². The third-order valence-corrected chi connectivity index (χ3v) is 5.58. The van der Waals surface area contributed by atoms with Crippen LogP contribution in [-0.4, -0.2) is 58.8 Å². The Bertz CT molecular complexity index is 822. The highest BCUT2D eigenvalue weighted by Crippen LogP contribution is 2.39. The second kappa shape index (κ2) is 6.37. The zero-order chi connectivity index (χ0) is 18.4. The van der Waals surface area contributed by atoms with Crippen LogP contribution < -0.4 is 0 Å². The van der Waals surface area contributed by atoms with Gasteiger partial charge in [0.2, 0.25) is 5.91 Å². The Kier molecular flexibility index (Phi) is 4.53. The van der Waals surface area contributed by atoms with Crippen LogP contribution in [0.25, 0.3) is 10.3 Å². The van der Waals surface area contributed by atoms with Gasteiger partial charge in [0.1, 0.15) is 10.3 Å². The van der Waals surface area contributed by atoms with Gasteiger partial charge >= 0.3 is 0 Å². The van der Waals surface area contributed by atoms with E-state index in [0.717, 1.165) is 22.3 Å². The summed E-state index contributed by atoms with van der Waals surface area (Å²) in [7, 11) is 3.50. The van der Waals surface area contributed by atoms with E-state index in [4.69, 9.17) is 0 Å². The lowest BCUT2D eigenvalue weighted by Gasteiger charge is -2.25. The first-order chi connectivity index (χ1) is 11.7. The van der Waals surface area contributed by atoms with Crippen molar-refractivity contribution >= 4 is 33.5 Å². The molecule has 1 saturated heterocycles. The summed E-state index contributed by atoms with van der Waals surface area (Å²) in [4.78, 5) is 39.1. The minimum absolute atomic E-state index is 0.0274. The number of carbonyl (C=O) groups is 2. The molecule has 2 aromatic rings. The topological polar surface area (TPSA) is 66.4 Å². The highest BCUT2D eigenvalue weighted by molar-refractivity contribution is 7.20. The number of fused-ring (bicyclic) bond motifs is 1. The molecule has 25 heavy (non-hydrogen) atoms. The molecule has 1 fully saturated rings. The summed E-state index contributed by atoms with van der Waals surface area (Å²) in [6.45, 7) is 7.17. The standard InChI is InChI=1S/C18H24N4O2S/c1-18(2,3)17(24)22-9-6-11(10-22)12-13-15(20-8-7-19-13)25-14(12)16(23)21(4)5/h7-8,11H,6,9-10H2,1-5H3/t11-/m0/s1. The third kappa shape index (κ3) is 3.25. The van der Waals surface area contributed by atoms with Gasteiger partial charge < -0.3 is 9.80 Å². The van der Waals surface area contributed by atoms with Gasteiger partial charge in [-0.05, 0) is 6.42 Å². The lowest BCUT2D eigenvalue weighted by molar-refractivity contribution is -0.138. The summed E-state index contributed by atoms with van der Waals surface area (Å²) in [6, 6.07) is 0. The SMILES string of the molecule is CN(C)C(=O)c1sc2nccnc2c1[C@H]1CCN(C(=O)C(C)(C)C)C1. The quantitative estimate of drug-likeness (QED) is 0.826. The molecule has 6 nitrogen and oxygen atoms in total. The van der Waals surface area contributed by atoms with Gasteiger partial charge in [-0.3, -0.25) is 14.6 Å². The van der Waals surface area contributed by atoms with E-state index in [1.165, 1.54) is 11.3 Å². The molecule has 0 bridgehead atoms. The van der Waals surface area contributed by atoms with Crippen LogP contribution in [-0.2, 0) is 4.79 Å². The second-order valence-electron chi connectivity index (χ2n) is 7.74. The second-order valence-corrected chi connectivity index (χ2v) is 8.74. The molecule has 0 aromatic carbocycles. The van der Waals surface area contributed by atoms with Crippen molar-refractivity contribution in [2.24, 2.45) is 5.41 Å². The number of hydrogen-bond acceptors (Lipinski definition) is 5. The predicted molar refractivity (Wildman–Crippen MR) is 98.8 cm³/mol. The van der Waals surface area contributed by atoms with Gasteiger partial charge in [-0.2, -0.15) is 0 Å². The Hall–Kier alpha value is -2.02. The van der Waals surface area contributed by atoms with Crippen LogP contribution in [0.3, 0.4) is 0 Å². The van der Waals surface area contributed by atoms with Crippen molar-refractivity contribution in [3.05, 3.63) is 22.8 Å². The largest absolute Gasteiger partial charge is 0.344 e. The normalized spacial score (nSPS) is 18.0. The van der Waals surface area contributed by atoms with Crippen LogP contribution in [0, 0.1) is 5.41 Å². The van der Waals surface area contributed by atoms with E-state index in [0.29, 0.717) is 18.0 Å². The summed E-state index contributed by atoms with van der Waals surface area (Å²) in [5.41, 5.74) is 1.36. The van der Waals surface area contributed by atoms with Crippen LogP contribution in [0.1, 0.15) is 48.3 Å². The average molecular weight is 360 g/mol. The van der Waals surface area contributed by atoms with Gasteiger partial charge in [0.15, 0.2) is 0 Å². The Morgan fingerprint density at radius 3 is 2.56 bits per heavy atom. The zero-order valence-corrected chi connectivity index (χ0v) is 16.2. The first-order valence-electron chi connectivity index (χ1n) is 8.44. The van der Waals surface area contributed by atoms with Crippen molar-refractivity contribution in [2.45, 2.75) is 33.1 Å². The lowest BCUT2D eigenvalue weighted by Crippen LogP contribution is -2.37. The van der Waals surface area contributed by atoms with Crippen LogP contribution in [0.5, 0.6) is 0 Å². The van der Waals surface area contributed by atoms with Crippen molar-refractivity contribution < 1.29 is 9.59 Å². The molecule has 1 atom stereocenters. The fraction of sp³-hybridized carbons (Fsp3) is 0.556. The van der Waals surface area contributed by atoms with Crippen LogP contribution in [0.4, 0.5) is 0 Å². The van der Waals surface area contributed by atoms with Crippen LogP contribution >= 0.6 is 11.3 Å². The number of nitrogens with zero attached hydrogens (tertiary/aromatic N) is 4. The summed E-state index contributed by atoms with van der Waals surface area (Å²) in [5.74, 6) is 0.247. The first kappa shape index (κ1) is 17.8. The summed E-state index contributed by atoms with van der Waals surface area (Å²) in [5, 5.41) is 0. The number of thiophene rings is 1. The van der Waals surface area contributed by atoms with Crippen LogP contribution in [0.15, 0.2) is 12.4 Å². The van der Waals surface area contributed by atoms with E-state index in [9.17, 15) is 9.59 Å². The summed E-state index contributed by atoms with van der Waals surface area (Å²) < 4.78 is 0. The van der Waals surface area contributed by atoms with E-state index >= 15 is 0 Å². The van der Waals surface area contributed by atoms with Gasteiger partial charge in [0.05, 0.1) is 4.88 Å². The smallest absolute Gasteiger partial charge is 0.263 e. The number of likely N-dealkylation sites (tertiary alicyclic amines) is 1. The van der Waals surface area contributed by atoms with Crippen LogP contribution in [0.2, 0.25) is 0 Å². The molecule has 3 rings (SSSR count). The summed E-state index contributed by atoms with van der Waals surface area (Å²) >= 11 is 1.39. The Morgan fingerprint density at radius 1 is 1.24 bits per heavy atom. The fourth-order valence-electron chi connectivity index (χ4n) is 3.24. The molecule has 134 valence electrons. The van der Waals surface area contributed by atoms with E-state index in [1.807, 2.05) is 25.7 Å². The zero-order valence-electron chi connectivity index (χ0n) is 15.4. The maximum atomic E-state index is 12.7. The van der Waals surface area contributed by atoms with E-state index in [-0.39, 0.29) is 17.7 Å². The van der Waals surface area contributed by atoms with Crippen molar-refractivity contribution in [1.82, 2.24) is 19.8 Å². The monoisotopic (exact) mass is 360 g/mol. The Morgan fingerprint density at radius 2 is 1.92 bits per heavy atom. The molecule has 3 heterocycles. The van der Waals surface area contributed by atoms with Crippen molar-refractivity contribution in [3.8, 4) is 0 Å². The molecule has 0 radical (unpaired) electrons. The maximum Gasteiger partial charge on any atom is 0.263 e. The fourth-order valence-corrected chi connectivity index (χ4v) is 4.45. The van der Waals surface area contributed by atoms with E-state index in [2.05, 4.69) is 9.97 Å². The molecule has 2 aromatic heterocycles. The molecule has 2 amide bonds.